The van der Waals surface area contributed by atoms with E-state index in [4.69, 9.17) is 4.55 Å². The molecule has 0 saturated heterocycles. The van der Waals surface area contributed by atoms with Crippen LogP contribution in [0, 0.1) is 0 Å². The third-order valence-corrected chi connectivity index (χ3v) is 4.32. The molecule has 2 rings (SSSR count). The highest BCUT2D eigenvalue weighted by Crippen LogP contribution is 2.15. The molecule has 0 bridgehead atoms. The van der Waals surface area contributed by atoms with E-state index in [0.29, 0.717) is 13.0 Å². The number of hydrogen-bond acceptors (Lipinski definition) is 3. The quantitative estimate of drug-likeness (QED) is 0.674. The van der Waals surface area contributed by atoms with E-state index in [-0.39, 0.29) is 10.6 Å². The Balaban J connectivity index is 1.88. The van der Waals surface area contributed by atoms with Crippen molar-refractivity contribution in [1.82, 2.24) is 5.32 Å². The van der Waals surface area contributed by atoms with Crippen LogP contribution in [-0.4, -0.2) is 25.5 Å². The monoisotopic (exact) mass is 398 g/mol. The second-order valence-electron chi connectivity index (χ2n) is 4.76. The molecule has 8 heteroatoms. The highest BCUT2D eigenvalue weighted by atomic mass is 79.9. The molecule has 0 spiro atoms. The molecular weight excluding hydrogens is 384 g/mol. The van der Waals surface area contributed by atoms with Gasteiger partial charge in [-0.05, 0) is 42.3 Å². The van der Waals surface area contributed by atoms with Crippen molar-refractivity contribution in [3.63, 3.8) is 0 Å². The van der Waals surface area contributed by atoms with Gasteiger partial charge in [0.25, 0.3) is 10.1 Å². The summed E-state index contributed by atoms with van der Waals surface area (Å²) in [4.78, 5) is 11.5. The van der Waals surface area contributed by atoms with Crippen molar-refractivity contribution >= 4 is 37.8 Å². The second-order valence-corrected chi connectivity index (χ2v) is 7.10. The van der Waals surface area contributed by atoms with Gasteiger partial charge in [-0.15, -0.1) is 0 Å². The summed E-state index contributed by atoms with van der Waals surface area (Å²) in [6, 6.07) is 12.7. The second kappa shape index (κ2) is 7.58. The number of urea groups is 1. The molecule has 0 unspecified atom stereocenters. The van der Waals surface area contributed by atoms with E-state index in [9.17, 15) is 13.2 Å². The van der Waals surface area contributed by atoms with E-state index in [0.717, 1.165) is 10.0 Å². The summed E-state index contributed by atoms with van der Waals surface area (Å²) < 4.78 is 32.1. The molecule has 0 fully saturated rings. The molecule has 0 heterocycles. The van der Waals surface area contributed by atoms with Crippen LogP contribution < -0.4 is 10.6 Å². The predicted octanol–water partition coefficient (Wildman–Crippen LogP) is 3.06. The van der Waals surface area contributed by atoms with E-state index in [1.54, 1.807) is 0 Å². The molecule has 0 radical (unpaired) electrons. The third-order valence-electron chi connectivity index (χ3n) is 2.98. The normalized spacial score (nSPS) is 11.0. The summed E-state index contributed by atoms with van der Waals surface area (Å²) in [6.07, 6.45) is 0.665. The predicted molar refractivity (Wildman–Crippen MR) is 91.1 cm³/mol. The Morgan fingerprint density at radius 1 is 1.13 bits per heavy atom. The molecule has 2 aromatic rings. The fourth-order valence-corrected chi connectivity index (χ4v) is 2.90. The molecule has 122 valence electrons. The zero-order chi connectivity index (χ0) is 16.9. The van der Waals surface area contributed by atoms with Crippen molar-refractivity contribution in [3.8, 4) is 0 Å². The van der Waals surface area contributed by atoms with Gasteiger partial charge in [-0.2, -0.15) is 8.42 Å². The Morgan fingerprint density at radius 2 is 1.87 bits per heavy atom. The lowest BCUT2D eigenvalue weighted by molar-refractivity contribution is 0.252. The zero-order valence-corrected chi connectivity index (χ0v) is 14.4. The van der Waals surface area contributed by atoms with Gasteiger partial charge in [0, 0.05) is 16.7 Å². The van der Waals surface area contributed by atoms with Crippen molar-refractivity contribution in [2.24, 2.45) is 0 Å². The number of anilines is 1. The van der Waals surface area contributed by atoms with Crippen molar-refractivity contribution in [1.29, 1.82) is 0 Å². The molecule has 0 aromatic heterocycles. The summed E-state index contributed by atoms with van der Waals surface area (Å²) in [7, 11) is -4.29. The van der Waals surface area contributed by atoms with E-state index < -0.39 is 16.1 Å². The number of carbonyl (C=O) groups excluding carboxylic acids is 1. The zero-order valence-electron chi connectivity index (χ0n) is 12.0. The average molecular weight is 399 g/mol. The molecule has 23 heavy (non-hydrogen) atoms. The first-order valence-corrected chi connectivity index (χ1v) is 8.95. The maximum absolute atomic E-state index is 11.8. The number of hydrogen-bond donors (Lipinski definition) is 3. The van der Waals surface area contributed by atoms with Crippen LogP contribution in [0.2, 0.25) is 0 Å². The average Bonchev–Trinajstić information content (AvgIpc) is 2.46. The minimum Gasteiger partial charge on any atom is -0.338 e. The number of benzene rings is 2. The van der Waals surface area contributed by atoms with Crippen LogP contribution in [0.5, 0.6) is 0 Å². The van der Waals surface area contributed by atoms with Gasteiger partial charge in [-0.25, -0.2) is 4.79 Å². The van der Waals surface area contributed by atoms with Crippen molar-refractivity contribution in [3.05, 3.63) is 58.6 Å². The lowest BCUT2D eigenvalue weighted by atomic mass is 10.1. The summed E-state index contributed by atoms with van der Waals surface area (Å²) >= 11 is 3.38. The van der Waals surface area contributed by atoms with Gasteiger partial charge < -0.3 is 10.6 Å². The molecule has 2 aromatic carbocycles. The topological polar surface area (TPSA) is 95.5 Å². The lowest BCUT2D eigenvalue weighted by Crippen LogP contribution is -2.30. The standard InChI is InChI=1S/C15H15BrN2O4S/c16-12-4-1-3-11(9-12)7-8-17-15(19)18-13-5-2-6-14(10-13)23(20,21)22/h1-6,9-10H,7-8H2,(H2,17,18,19)(H,20,21,22). The summed E-state index contributed by atoms with van der Waals surface area (Å²) in [6.45, 7) is 0.431. The third kappa shape index (κ3) is 5.66. The first-order valence-electron chi connectivity index (χ1n) is 6.71. The Morgan fingerprint density at radius 3 is 2.57 bits per heavy atom. The van der Waals surface area contributed by atoms with Crippen molar-refractivity contribution < 1.29 is 17.8 Å². The Hall–Kier alpha value is -1.90. The highest BCUT2D eigenvalue weighted by Gasteiger charge is 2.10. The SMILES string of the molecule is O=C(NCCc1cccc(Br)c1)Nc1cccc(S(=O)(=O)O)c1. The minimum atomic E-state index is -4.29. The molecule has 0 atom stereocenters. The Bertz CT molecular complexity index is 809. The van der Waals surface area contributed by atoms with E-state index >= 15 is 0 Å². The fraction of sp³-hybridized carbons (Fsp3) is 0.133. The highest BCUT2D eigenvalue weighted by molar-refractivity contribution is 9.10. The Kier molecular flexibility index (Phi) is 5.75. The van der Waals surface area contributed by atoms with Gasteiger partial charge in [0.05, 0.1) is 4.90 Å². The van der Waals surface area contributed by atoms with Crippen LogP contribution in [0.25, 0.3) is 0 Å². The van der Waals surface area contributed by atoms with Crippen LogP contribution in [0.1, 0.15) is 5.56 Å². The molecule has 0 aliphatic carbocycles. The molecular formula is C15H15BrN2O4S. The largest absolute Gasteiger partial charge is 0.338 e. The molecule has 0 aliphatic rings. The van der Waals surface area contributed by atoms with Crippen LogP contribution in [0.3, 0.4) is 0 Å². The molecule has 2 amide bonds. The number of halogens is 1. The van der Waals surface area contributed by atoms with E-state index in [1.165, 1.54) is 24.3 Å². The lowest BCUT2D eigenvalue weighted by Gasteiger charge is -2.08. The van der Waals surface area contributed by atoms with Gasteiger partial charge in [0.1, 0.15) is 0 Å². The molecule has 0 aliphatic heterocycles. The van der Waals surface area contributed by atoms with E-state index in [2.05, 4.69) is 26.6 Å². The number of amides is 2. The number of rotatable bonds is 5. The fourth-order valence-electron chi connectivity index (χ4n) is 1.92. The van der Waals surface area contributed by atoms with Crippen LogP contribution in [-0.2, 0) is 16.5 Å². The van der Waals surface area contributed by atoms with Gasteiger partial charge in [-0.1, -0.05) is 34.1 Å². The van der Waals surface area contributed by atoms with Crippen molar-refractivity contribution in [2.45, 2.75) is 11.3 Å². The molecule has 0 saturated carbocycles. The van der Waals surface area contributed by atoms with Gasteiger partial charge in [0.15, 0.2) is 0 Å². The first kappa shape index (κ1) is 17.5. The first-order chi connectivity index (χ1) is 10.8. The molecule has 6 nitrogen and oxygen atoms in total. The maximum Gasteiger partial charge on any atom is 0.319 e. The summed E-state index contributed by atoms with van der Waals surface area (Å²) in [5.41, 5.74) is 1.35. The number of nitrogens with one attached hydrogen (secondary N) is 2. The number of carbonyl (C=O) groups is 1. The summed E-state index contributed by atoms with van der Waals surface area (Å²) in [5.74, 6) is 0. The minimum absolute atomic E-state index is 0.274. The Labute approximate surface area is 142 Å². The van der Waals surface area contributed by atoms with Crippen LogP contribution in [0.15, 0.2) is 57.9 Å². The molecule has 3 N–H and O–H groups in total. The van der Waals surface area contributed by atoms with Gasteiger partial charge >= 0.3 is 6.03 Å². The van der Waals surface area contributed by atoms with Gasteiger partial charge in [-0.3, -0.25) is 4.55 Å². The smallest absolute Gasteiger partial charge is 0.319 e. The van der Waals surface area contributed by atoms with Crippen molar-refractivity contribution in [2.75, 3.05) is 11.9 Å². The van der Waals surface area contributed by atoms with Gasteiger partial charge in [0.2, 0.25) is 0 Å². The maximum atomic E-state index is 11.8. The summed E-state index contributed by atoms with van der Waals surface area (Å²) in [5, 5.41) is 5.20. The van der Waals surface area contributed by atoms with Crippen LogP contribution >= 0.6 is 15.9 Å². The van der Waals surface area contributed by atoms with E-state index in [1.807, 2.05) is 24.3 Å². The van der Waals surface area contributed by atoms with Crippen LogP contribution in [0.4, 0.5) is 10.5 Å².